The molecule has 1 aliphatic rings. The van der Waals surface area contributed by atoms with E-state index in [2.05, 4.69) is 17.3 Å². The lowest BCUT2D eigenvalue weighted by atomic mass is 10.1. The minimum absolute atomic E-state index is 0.205. The van der Waals surface area contributed by atoms with Crippen LogP contribution in [0.15, 0.2) is 6.20 Å². The minimum Gasteiger partial charge on any atom is -0.378 e. The van der Waals surface area contributed by atoms with Crippen LogP contribution >= 0.6 is 0 Å². The maximum absolute atomic E-state index is 12.0. The van der Waals surface area contributed by atoms with Crippen molar-refractivity contribution in [1.82, 2.24) is 20.0 Å². The van der Waals surface area contributed by atoms with Gasteiger partial charge in [0.15, 0.2) is 0 Å². The number of morpholine rings is 1. The highest BCUT2D eigenvalue weighted by atomic mass is 16.5. The van der Waals surface area contributed by atoms with E-state index in [-0.39, 0.29) is 11.9 Å². The number of nitrogens with one attached hydrogen (secondary N) is 1. The Kier molecular flexibility index (Phi) is 5.14. The van der Waals surface area contributed by atoms with Gasteiger partial charge in [0.2, 0.25) is 5.91 Å². The van der Waals surface area contributed by atoms with Crippen molar-refractivity contribution in [2.75, 3.05) is 32.8 Å². The van der Waals surface area contributed by atoms with E-state index < -0.39 is 0 Å². The molecule has 1 unspecified atom stereocenters. The number of aromatic nitrogens is 2. The molecule has 1 aromatic heterocycles. The summed E-state index contributed by atoms with van der Waals surface area (Å²) in [5.41, 5.74) is 2.22. The zero-order valence-corrected chi connectivity index (χ0v) is 12.6. The van der Waals surface area contributed by atoms with Gasteiger partial charge in [-0.2, -0.15) is 5.10 Å². The molecule has 0 spiro atoms. The van der Waals surface area contributed by atoms with Crippen molar-refractivity contribution in [3.05, 3.63) is 17.5 Å². The summed E-state index contributed by atoms with van der Waals surface area (Å²) in [6.07, 6.45) is 2.56. The van der Waals surface area contributed by atoms with E-state index in [0.29, 0.717) is 26.2 Å². The summed E-state index contributed by atoms with van der Waals surface area (Å²) in [4.78, 5) is 13.9. The lowest BCUT2D eigenvalue weighted by Crippen LogP contribution is -2.41. The van der Waals surface area contributed by atoms with Crippen LogP contribution in [0.3, 0.4) is 0 Å². The molecule has 2 heterocycles. The Bertz CT molecular complexity index is 452. The first-order valence-electron chi connectivity index (χ1n) is 7.17. The first-order chi connectivity index (χ1) is 9.58. The van der Waals surface area contributed by atoms with Crippen LogP contribution in [0.25, 0.3) is 0 Å². The van der Waals surface area contributed by atoms with Gasteiger partial charge in [0, 0.05) is 50.9 Å². The smallest absolute Gasteiger partial charge is 0.224 e. The van der Waals surface area contributed by atoms with Crippen LogP contribution in [-0.4, -0.2) is 53.4 Å². The highest BCUT2D eigenvalue weighted by molar-refractivity contribution is 5.76. The van der Waals surface area contributed by atoms with Crippen molar-refractivity contribution in [1.29, 1.82) is 0 Å². The van der Waals surface area contributed by atoms with Crippen LogP contribution in [0.5, 0.6) is 0 Å². The number of nitrogens with zero attached hydrogens (tertiary/aromatic N) is 3. The molecule has 1 N–H and O–H groups in total. The summed E-state index contributed by atoms with van der Waals surface area (Å²) < 4.78 is 7.07. The third kappa shape index (κ3) is 3.80. The number of hydrogen-bond acceptors (Lipinski definition) is 4. The molecule has 1 amide bonds. The predicted molar refractivity (Wildman–Crippen MR) is 76.4 cm³/mol. The Balaban J connectivity index is 1.75. The lowest BCUT2D eigenvalue weighted by Gasteiger charge is -2.27. The predicted octanol–water partition coefficient (Wildman–Crippen LogP) is 0.628. The van der Waals surface area contributed by atoms with E-state index in [1.54, 1.807) is 0 Å². The fourth-order valence-corrected chi connectivity index (χ4v) is 2.52. The molecular weight excluding hydrogens is 256 g/mol. The largest absolute Gasteiger partial charge is 0.378 e. The number of carbonyl (C=O) groups is 1. The van der Waals surface area contributed by atoms with Crippen molar-refractivity contribution < 1.29 is 9.53 Å². The molecule has 6 heteroatoms. The first kappa shape index (κ1) is 15.0. The lowest BCUT2D eigenvalue weighted by molar-refractivity contribution is -0.135. The van der Waals surface area contributed by atoms with Crippen molar-refractivity contribution in [3.8, 4) is 0 Å². The van der Waals surface area contributed by atoms with Gasteiger partial charge in [-0.1, -0.05) is 0 Å². The molecule has 1 aliphatic heterocycles. The second kappa shape index (κ2) is 6.85. The van der Waals surface area contributed by atoms with Crippen LogP contribution < -0.4 is 5.32 Å². The number of ether oxygens (including phenoxy) is 1. The topological polar surface area (TPSA) is 59.4 Å². The molecule has 2 rings (SSSR count). The molecule has 1 fully saturated rings. The van der Waals surface area contributed by atoms with Gasteiger partial charge in [0.25, 0.3) is 0 Å². The van der Waals surface area contributed by atoms with E-state index >= 15 is 0 Å². The maximum Gasteiger partial charge on any atom is 0.224 e. The summed E-state index contributed by atoms with van der Waals surface area (Å²) in [6, 6.07) is 0.209. The standard InChI is InChI=1S/C14H24N4O2/c1-11(13-10-17(3)16-12(13)2)15-5-4-14(19)18-6-8-20-9-7-18/h10-11,15H,4-9H2,1-3H3. The second-order valence-electron chi connectivity index (χ2n) is 5.26. The average Bonchev–Trinajstić information content (AvgIpc) is 2.78. The fraction of sp³-hybridized carbons (Fsp3) is 0.714. The molecule has 1 atom stereocenters. The van der Waals surface area contributed by atoms with Crippen LogP contribution in [0, 0.1) is 6.92 Å². The Labute approximate surface area is 120 Å². The van der Waals surface area contributed by atoms with E-state index in [1.807, 2.05) is 29.7 Å². The highest BCUT2D eigenvalue weighted by Gasteiger charge is 2.17. The summed E-state index contributed by atoms with van der Waals surface area (Å²) >= 11 is 0. The van der Waals surface area contributed by atoms with Gasteiger partial charge in [-0.25, -0.2) is 0 Å². The van der Waals surface area contributed by atoms with E-state index in [4.69, 9.17) is 4.74 Å². The average molecular weight is 280 g/mol. The molecule has 1 saturated heterocycles. The normalized spacial score (nSPS) is 17.2. The van der Waals surface area contributed by atoms with Gasteiger partial charge in [-0.15, -0.1) is 0 Å². The molecule has 0 saturated carbocycles. The number of aryl methyl sites for hydroxylation is 2. The zero-order valence-electron chi connectivity index (χ0n) is 12.6. The Morgan fingerprint density at radius 3 is 2.80 bits per heavy atom. The van der Waals surface area contributed by atoms with E-state index in [9.17, 15) is 4.79 Å². The molecule has 0 radical (unpaired) electrons. The third-order valence-corrected chi connectivity index (χ3v) is 3.67. The Morgan fingerprint density at radius 2 is 2.20 bits per heavy atom. The minimum atomic E-state index is 0.205. The Hall–Kier alpha value is -1.40. The monoisotopic (exact) mass is 280 g/mol. The molecular formula is C14H24N4O2. The SMILES string of the molecule is Cc1nn(C)cc1C(C)NCCC(=O)N1CCOCC1. The van der Waals surface area contributed by atoms with Crippen molar-refractivity contribution in [2.24, 2.45) is 7.05 Å². The van der Waals surface area contributed by atoms with Gasteiger partial charge in [0.1, 0.15) is 0 Å². The van der Waals surface area contributed by atoms with Gasteiger partial charge in [0.05, 0.1) is 18.9 Å². The molecule has 0 aromatic carbocycles. The van der Waals surface area contributed by atoms with Crippen LogP contribution in [0.1, 0.15) is 30.6 Å². The van der Waals surface area contributed by atoms with Gasteiger partial charge >= 0.3 is 0 Å². The van der Waals surface area contributed by atoms with E-state index in [1.165, 1.54) is 5.56 Å². The number of amides is 1. The van der Waals surface area contributed by atoms with Crippen LogP contribution in [0.2, 0.25) is 0 Å². The summed E-state index contributed by atoms with van der Waals surface area (Å²) in [6.45, 7) is 7.54. The van der Waals surface area contributed by atoms with Crippen molar-refractivity contribution in [3.63, 3.8) is 0 Å². The van der Waals surface area contributed by atoms with Crippen LogP contribution in [0.4, 0.5) is 0 Å². The molecule has 0 bridgehead atoms. The molecule has 6 nitrogen and oxygen atoms in total. The molecule has 112 valence electrons. The Morgan fingerprint density at radius 1 is 1.50 bits per heavy atom. The van der Waals surface area contributed by atoms with Gasteiger partial charge in [-0.05, 0) is 13.8 Å². The number of hydrogen-bond donors (Lipinski definition) is 1. The third-order valence-electron chi connectivity index (χ3n) is 3.67. The fourth-order valence-electron chi connectivity index (χ4n) is 2.52. The zero-order chi connectivity index (χ0) is 14.5. The maximum atomic E-state index is 12.0. The van der Waals surface area contributed by atoms with Crippen LogP contribution in [-0.2, 0) is 16.6 Å². The van der Waals surface area contributed by atoms with Crippen molar-refractivity contribution >= 4 is 5.91 Å². The molecule has 1 aromatic rings. The summed E-state index contributed by atoms with van der Waals surface area (Å²) in [5, 5.41) is 7.73. The van der Waals surface area contributed by atoms with Gasteiger partial charge in [-0.3, -0.25) is 9.48 Å². The molecule has 20 heavy (non-hydrogen) atoms. The summed E-state index contributed by atoms with van der Waals surface area (Å²) in [5.74, 6) is 0.205. The molecule has 0 aliphatic carbocycles. The number of carbonyl (C=O) groups excluding carboxylic acids is 1. The first-order valence-corrected chi connectivity index (χ1v) is 7.17. The van der Waals surface area contributed by atoms with Crippen molar-refractivity contribution in [2.45, 2.75) is 26.3 Å². The second-order valence-corrected chi connectivity index (χ2v) is 5.26. The quantitative estimate of drug-likeness (QED) is 0.859. The van der Waals surface area contributed by atoms with Gasteiger partial charge < -0.3 is 15.0 Å². The van der Waals surface area contributed by atoms with E-state index in [0.717, 1.165) is 18.8 Å². The summed E-state index contributed by atoms with van der Waals surface area (Å²) in [7, 11) is 1.92. The highest BCUT2D eigenvalue weighted by Crippen LogP contribution is 2.15. The number of rotatable bonds is 5.